The molecule has 0 saturated carbocycles. The van der Waals surface area contributed by atoms with Gasteiger partial charge in [-0.25, -0.2) is 4.98 Å². The summed E-state index contributed by atoms with van der Waals surface area (Å²) in [5.74, 6) is -0.0732. The highest BCUT2D eigenvalue weighted by atomic mass is 32.1. The van der Waals surface area contributed by atoms with Gasteiger partial charge in [0.2, 0.25) is 0 Å². The zero-order valence-corrected chi connectivity index (χ0v) is 27.3. The van der Waals surface area contributed by atoms with E-state index >= 15 is 0 Å². The minimum Gasteiger partial charge on any atom is -0.361 e. The number of nitrogens with one attached hydrogen (secondary N) is 2. The maximum atomic E-state index is 12.8. The van der Waals surface area contributed by atoms with Crippen LogP contribution in [0.3, 0.4) is 0 Å². The van der Waals surface area contributed by atoms with Gasteiger partial charge in [0.15, 0.2) is 5.13 Å². The van der Waals surface area contributed by atoms with E-state index in [0.717, 1.165) is 35.0 Å². The van der Waals surface area contributed by atoms with Crippen LogP contribution in [-0.4, -0.2) is 17.4 Å². The molecule has 0 atom stereocenters. The van der Waals surface area contributed by atoms with Crippen LogP contribution in [0.5, 0.6) is 0 Å². The van der Waals surface area contributed by atoms with E-state index in [9.17, 15) is 4.79 Å². The molecule has 0 aliphatic rings. The topological polar surface area (TPSA) is 54.0 Å². The van der Waals surface area contributed by atoms with Crippen LogP contribution in [0.2, 0.25) is 0 Å². The Labute approximate surface area is 254 Å². The molecular formula is C36H55N3OS. The molecule has 3 rings (SSSR count). The minimum absolute atomic E-state index is 0.0732. The number of nitrogens with zero attached hydrogens (tertiary/aromatic N) is 1. The molecule has 1 aromatic heterocycles. The minimum atomic E-state index is -0.0732. The first-order chi connectivity index (χ1) is 19.9. The number of thiazole rings is 1. The van der Waals surface area contributed by atoms with Crippen LogP contribution >= 0.6 is 11.3 Å². The Balaban J connectivity index is 0.000000864. The first kappa shape index (κ1) is 34.5. The molecule has 0 radical (unpaired) electrons. The highest BCUT2D eigenvalue weighted by Crippen LogP contribution is 2.26. The number of aryl methyl sites for hydroxylation is 2. The quantitative estimate of drug-likeness (QED) is 0.148. The summed E-state index contributed by atoms with van der Waals surface area (Å²) in [5.41, 5.74) is 5.25. The van der Waals surface area contributed by atoms with Gasteiger partial charge in [-0.05, 0) is 56.9 Å². The fourth-order valence-electron chi connectivity index (χ4n) is 4.85. The predicted octanol–water partition coefficient (Wildman–Crippen LogP) is 11.2. The predicted molar refractivity (Wildman–Crippen MR) is 181 cm³/mol. The maximum absolute atomic E-state index is 12.8. The summed E-state index contributed by atoms with van der Waals surface area (Å²) in [6.45, 7) is 11.4. The van der Waals surface area contributed by atoms with Crippen LogP contribution in [0.15, 0.2) is 48.5 Å². The smallest absolute Gasteiger partial charge is 0.267 e. The van der Waals surface area contributed by atoms with Crippen molar-refractivity contribution < 1.29 is 4.79 Å². The number of hydrogen-bond acceptors (Lipinski definition) is 4. The van der Waals surface area contributed by atoms with E-state index in [-0.39, 0.29) is 5.91 Å². The number of anilines is 2. The molecular weight excluding hydrogens is 522 g/mol. The van der Waals surface area contributed by atoms with Crippen molar-refractivity contribution in [2.24, 2.45) is 0 Å². The molecule has 0 unspecified atom stereocenters. The van der Waals surface area contributed by atoms with Crippen molar-refractivity contribution in [3.8, 4) is 0 Å². The van der Waals surface area contributed by atoms with Crippen molar-refractivity contribution in [2.45, 2.75) is 125 Å². The second-order valence-electron chi connectivity index (χ2n) is 11.2. The molecule has 0 saturated heterocycles. The van der Waals surface area contributed by atoms with Gasteiger partial charge in [0.05, 0.1) is 5.69 Å². The van der Waals surface area contributed by atoms with Crippen molar-refractivity contribution >= 4 is 28.1 Å². The van der Waals surface area contributed by atoms with Crippen LogP contribution in [-0.2, 0) is 0 Å². The number of unbranched alkanes of at least 4 members (excludes halogenated alkanes) is 13. The molecule has 1 amide bonds. The lowest BCUT2D eigenvalue weighted by atomic mass is 10.0. The van der Waals surface area contributed by atoms with E-state index in [2.05, 4.69) is 49.4 Å². The van der Waals surface area contributed by atoms with Gasteiger partial charge >= 0.3 is 0 Å². The third kappa shape index (κ3) is 14.2. The lowest BCUT2D eigenvalue weighted by molar-refractivity contribution is 0.102. The van der Waals surface area contributed by atoms with Crippen LogP contribution in [0.4, 0.5) is 10.8 Å². The molecule has 4 nitrogen and oxygen atoms in total. The molecule has 0 aliphatic carbocycles. The zero-order chi connectivity index (χ0) is 29.7. The molecule has 1 heterocycles. The number of amides is 1. The third-order valence-corrected chi connectivity index (χ3v) is 8.90. The number of rotatable bonds is 18. The molecule has 0 aliphatic heterocycles. The Hall–Kier alpha value is -2.66. The highest BCUT2D eigenvalue weighted by molar-refractivity contribution is 7.17. The SMILES string of the molecule is CCCCCCCCCCCCCCCCNc1nc(C)c(C(=O)Nc2ccc(C)c(C)c2C)s1.c1ccccc1. The lowest BCUT2D eigenvalue weighted by Crippen LogP contribution is -2.13. The van der Waals surface area contributed by atoms with Gasteiger partial charge in [0, 0.05) is 12.2 Å². The molecule has 41 heavy (non-hydrogen) atoms. The van der Waals surface area contributed by atoms with Gasteiger partial charge in [0.25, 0.3) is 5.91 Å². The molecule has 2 aromatic carbocycles. The van der Waals surface area contributed by atoms with Crippen molar-refractivity contribution in [2.75, 3.05) is 17.2 Å². The van der Waals surface area contributed by atoms with Crippen LogP contribution in [0, 0.1) is 27.7 Å². The summed E-state index contributed by atoms with van der Waals surface area (Å²) in [5, 5.41) is 7.34. The van der Waals surface area contributed by atoms with E-state index in [4.69, 9.17) is 0 Å². The van der Waals surface area contributed by atoms with Gasteiger partial charge < -0.3 is 10.6 Å². The van der Waals surface area contributed by atoms with Gasteiger partial charge in [-0.3, -0.25) is 4.79 Å². The third-order valence-electron chi connectivity index (χ3n) is 7.78. The van der Waals surface area contributed by atoms with Crippen LogP contribution in [0.1, 0.15) is 129 Å². The van der Waals surface area contributed by atoms with Crippen LogP contribution in [0.25, 0.3) is 0 Å². The van der Waals surface area contributed by atoms with E-state index in [0.29, 0.717) is 4.88 Å². The molecule has 0 bridgehead atoms. The Morgan fingerprint density at radius 2 is 1.17 bits per heavy atom. The van der Waals surface area contributed by atoms with Gasteiger partial charge in [-0.15, -0.1) is 0 Å². The standard InChI is InChI=1S/C30H49N3OS.C6H6/c1-6-7-8-9-10-11-12-13-14-15-16-17-18-19-22-31-30-32-26(5)28(35-30)29(34)33-27-21-20-23(2)24(3)25(27)4;1-2-4-6-5-3-1/h20-21H,6-19,22H2,1-5H3,(H,31,32)(H,33,34);1-6H. The first-order valence-corrected chi connectivity index (χ1v) is 16.8. The number of aromatic nitrogens is 1. The van der Waals surface area contributed by atoms with Crippen molar-refractivity contribution in [3.63, 3.8) is 0 Å². The highest BCUT2D eigenvalue weighted by Gasteiger charge is 2.16. The second-order valence-corrected chi connectivity index (χ2v) is 12.2. The zero-order valence-electron chi connectivity index (χ0n) is 26.5. The van der Waals surface area contributed by atoms with Crippen LogP contribution < -0.4 is 10.6 Å². The maximum Gasteiger partial charge on any atom is 0.267 e. The van der Waals surface area contributed by atoms with Gasteiger partial charge in [-0.2, -0.15) is 0 Å². The molecule has 2 N–H and O–H groups in total. The van der Waals surface area contributed by atoms with Crippen molar-refractivity contribution in [1.82, 2.24) is 4.98 Å². The first-order valence-electron chi connectivity index (χ1n) is 16.0. The average Bonchev–Trinajstić information content (AvgIpc) is 3.36. The second kappa shape index (κ2) is 21.1. The molecule has 5 heteroatoms. The van der Waals surface area contributed by atoms with Gasteiger partial charge in [-0.1, -0.05) is 144 Å². The van der Waals surface area contributed by atoms with E-state index in [1.807, 2.05) is 49.4 Å². The van der Waals surface area contributed by atoms with Crippen molar-refractivity contribution in [3.05, 3.63) is 75.8 Å². The molecule has 3 aromatic rings. The lowest BCUT2D eigenvalue weighted by Gasteiger charge is -2.12. The molecule has 0 fully saturated rings. The number of hydrogen-bond donors (Lipinski definition) is 2. The normalized spacial score (nSPS) is 10.7. The Morgan fingerprint density at radius 1 is 0.683 bits per heavy atom. The summed E-state index contributed by atoms with van der Waals surface area (Å²) in [6, 6.07) is 16.0. The largest absolute Gasteiger partial charge is 0.361 e. The number of benzene rings is 2. The van der Waals surface area contributed by atoms with E-state index in [1.165, 1.54) is 106 Å². The summed E-state index contributed by atoms with van der Waals surface area (Å²) in [4.78, 5) is 18.1. The van der Waals surface area contributed by atoms with E-state index in [1.54, 1.807) is 0 Å². The summed E-state index contributed by atoms with van der Waals surface area (Å²) < 4.78 is 0. The summed E-state index contributed by atoms with van der Waals surface area (Å²) in [7, 11) is 0. The molecule has 0 spiro atoms. The van der Waals surface area contributed by atoms with Gasteiger partial charge in [0.1, 0.15) is 4.88 Å². The fraction of sp³-hybridized carbons (Fsp3) is 0.556. The number of carbonyl (C=O) groups is 1. The Kier molecular flexibility index (Phi) is 17.8. The van der Waals surface area contributed by atoms with E-state index < -0.39 is 0 Å². The van der Waals surface area contributed by atoms with Crippen molar-refractivity contribution in [1.29, 1.82) is 0 Å². The monoisotopic (exact) mass is 577 g/mol. The summed E-state index contributed by atoms with van der Waals surface area (Å²) in [6.07, 6.45) is 19.2. The summed E-state index contributed by atoms with van der Waals surface area (Å²) >= 11 is 1.45. The molecule has 226 valence electrons. The average molecular weight is 578 g/mol. The fourth-order valence-corrected chi connectivity index (χ4v) is 5.74. The Morgan fingerprint density at radius 3 is 1.68 bits per heavy atom. The number of carbonyl (C=O) groups excluding carboxylic acids is 1. The Bertz CT molecular complexity index is 1080.